The third kappa shape index (κ3) is 4.53. The van der Waals surface area contributed by atoms with Crippen molar-refractivity contribution in [2.75, 3.05) is 0 Å². The van der Waals surface area contributed by atoms with E-state index in [1.165, 1.54) is 11.3 Å². The number of aryl methyl sites for hydroxylation is 2. The fourth-order valence-electron chi connectivity index (χ4n) is 2.25. The van der Waals surface area contributed by atoms with Crippen molar-refractivity contribution < 1.29 is 4.42 Å². The van der Waals surface area contributed by atoms with Crippen LogP contribution in [0.15, 0.2) is 29.5 Å². The van der Waals surface area contributed by atoms with Gasteiger partial charge in [0.2, 0.25) is 0 Å². The van der Waals surface area contributed by atoms with Crippen LogP contribution in [0.3, 0.4) is 0 Å². The van der Waals surface area contributed by atoms with Crippen LogP contribution in [0, 0.1) is 12.8 Å². The number of rotatable bonds is 8. The molecule has 0 spiro atoms. The van der Waals surface area contributed by atoms with Crippen molar-refractivity contribution in [2.45, 2.75) is 52.4 Å². The second-order valence-electron chi connectivity index (χ2n) is 5.60. The smallest absolute Gasteiger partial charge is 0.194 e. The van der Waals surface area contributed by atoms with Crippen molar-refractivity contribution in [3.8, 4) is 0 Å². The van der Waals surface area contributed by atoms with Gasteiger partial charge in [-0.05, 0) is 19.3 Å². The molecule has 0 radical (unpaired) electrons. The number of oxazole rings is 1. The van der Waals surface area contributed by atoms with E-state index in [-0.39, 0.29) is 0 Å². The fourth-order valence-corrected chi connectivity index (χ4v) is 3.17. The Bertz CT molecular complexity index is 573. The average Bonchev–Trinajstić information content (AvgIpc) is 3.09. The molecule has 0 aliphatic carbocycles. The second-order valence-corrected chi connectivity index (χ2v) is 6.87. The van der Waals surface area contributed by atoms with Crippen LogP contribution in [0.2, 0.25) is 0 Å². The summed E-state index contributed by atoms with van der Waals surface area (Å²) in [6, 6.07) is 0. The lowest BCUT2D eigenvalue weighted by atomic mass is 10.0. The molecule has 0 fully saturated rings. The highest BCUT2D eigenvalue weighted by molar-refractivity contribution is 7.11. The summed E-state index contributed by atoms with van der Waals surface area (Å²) < 4.78 is 5.83. The maximum absolute atomic E-state index is 5.83. The van der Waals surface area contributed by atoms with Crippen molar-refractivity contribution >= 4 is 11.3 Å². The van der Waals surface area contributed by atoms with Crippen molar-refractivity contribution in [1.29, 1.82) is 0 Å². The number of aromatic nitrogens is 2. The van der Waals surface area contributed by atoms with Gasteiger partial charge in [-0.1, -0.05) is 26.3 Å². The summed E-state index contributed by atoms with van der Waals surface area (Å²) in [5, 5.41) is 1.10. The van der Waals surface area contributed by atoms with E-state index in [9.17, 15) is 0 Å². The molecule has 0 saturated heterocycles. The van der Waals surface area contributed by atoms with E-state index in [1.54, 1.807) is 11.3 Å². The standard InChI is InChI=1S/C17H24N2OS/c1-5-12(3)9-15-10-19-17(20-15)8-7-14(6-2)16-11-18-13(4)21-16/h6,10-12,14H,2,5,7-9H2,1,3-4H3. The van der Waals surface area contributed by atoms with Gasteiger partial charge in [0, 0.05) is 29.8 Å². The molecular weight excluding hydrogens is 280 g/mol. The molecule has 0 aromatic carbocycles. The molecule has 2 unspecified atom stereocenters. The van der Waals surface area contributed by atoms with Crippen LogP contribution < -0.4 is 0 Å². The number of hydrogen-bond donors (Lipinski definition) is 0. The molecule has 21 heavy (non-hydrogen) atoms. The Morgan fingerprint density at radius 2 is 2.19 bits per heavy atom. The normalized spacial score (nSPS) is 14.0. The molecule has 0 bridgehead atoms. The summed E-state index contributed by atoms with van der Waals surface area (Å²) in [5.41, 5.74) is 0. The first-order valence-corrected chi connectivity index (χ1v) is 8.42. The second kappa shape index (κ2) is 7.55. The van der Waals surface area contributed by atoms with Crippen LogP contribution in [0.25, 0.3) is 0 Å². The SMILES string of the molecule is C=CC(CCc1ncc(CC(C)CC)o1)c1cnc(C)s1. The van der Waals surface area contributed by atoms with Gasteiger partial charge in [-0.15, -0.1) is 17.9 Å². The summed E-state index contributed by atoms with van der Waals surface area (Å²) >= 11 is 1.74. The minimum Gasteiger partial charge on any atom is -0.446 e. The summed E-state index contributed by atoms with van der Waals surface area (Å²) in [7, 11) is 0. The van der Waals surface area contributed by atoms with Crippen LogP contribution in [0.4, 0.5) is 0 Å². The van der Waals surface area contributed by atoms with Gasteiger partial charge in [-0.2, -0.15) is 0 Å². The quantitative estimate of drug-likeness (QED) is 0.649. The Labute approximate surface area is 131 Å². The number of thiazole rings is 1. The van der Waals surface area contributed by atoms with E-state index in [2.05, 4.69) is 30.4 Å². The zero-order valence-electron chi connectivity index (χ0n) is 13.1. The largest absolute Gasteiger partial charge is 0.446 e. The van der Waals surface area contributed by atoms with Gasteiger partial charge in [0.1, 0.15) is 5.76 Å². The minimum atomic E-state index is 0.334. The lowest BCUT2D eigenvalue weighted by molar-refractivity contribution is 0.414. The average molecular weight is 304 g/mol. The molecule has 0 N–H and O–H groups in total. The van der Waals surface area contributed by atoms with E-state index in [1.807, 2.05) is 25.4 Å². The molecule has 2 heterocycles. The molecular formula is C17H24N2OS. The number of hydrogen-bond acceptors (Lipinski definition) is 4. The van der Waals surface area contributed by atoms with Crippen LogP contribution >= 0.6 is 11.3 Å². The van der Waals surface area contributed by atoms with E-state index in [4.69, 9.17) is 4.42 Å². The minimum absolute atomic E-state index is 0.334. The molecule has 0 aliphatic rings. The Morgan fingerprint density at radius 1 is 1.38 bits per heavy atom. The van der Waals surface area contributed by atoms with Gasteiger partial charge in [0.05, 0.1) is 11.2 Å². The maximum atomic E-state index is 5.83. The maximum Gasteiger partial charge on any atom is 0.194 e. The lowest BCUT2D eigenvalue weighted by Crippen LogP contribution is -1.96. The van der Waals surface area contributed by atoms with Crippen LogP contribution in [-0.2, 0) is 12.8 Å². The summed E-state index contributed by atoms with van der Waals surface area (Å²) in [6.07, 6.45) is 9.78. The first kappa shape index (κ1) is 16.0. The molecule has 4 heteroatoms. The number of nitrogens with zero attached hydrogens (tertiary/aromatic N) is 2. The third-order valence-electron chi connectivity index (χ3n) is 3.81. The summed E-state index contributed by atoms with van der Waals surface area (Å²) in [6.45, 7) is 10.4. The van der Waals surface area contributed by atoms with E-state index >= 15 is 0 Å². The van der Waals surface area contributed by atoms with Gasteiger partial charge < -0.3 is 4.42 Å². The summed E-state index contributed by atoms with van der Waals surface area (Å²) in [5.74, 6) is 2.82. The number of allylic oxidation sites excluding steroid dienone is 1. The van der Waals surface area contributed by atoms with Gasteiger partial charge in [-0.25, -0.2) is 9.97 Å². The first-order valence-electron chi connectivity index (χ1n) is 7.60. The van der Waals surface area contributed by atoms with Crippen molar-refractivity contribution in [3.63, 3.8) is 0 Å². The van der Waals surface area contributed by atoms with Crippen molar-refractivity contribution in [2.24, 2.45) is 5.92 Å². The molecule has 0 aliphatic heterocycles. The van der Waals surface area contributed by atoms with Crippen LogP contribution in [0.5, 0.6) is 0 Å². The Morgan fingerprint density at radius 3 is 2.81 bits per heavy atom. The van der Waals surface area contributed by atoms with E-state index < -0.39 is 0 Å². The highest BCUT2D eigenvalue weighted by Gasteiger charge is 2.13. The lowest BCUT2D eigenvalue weighted by Gasteiger charge is -2.08. The first-order chi connectivity index (χ1) is 10.1. The molecule has 3 nitrogen and oxygen atoms in total. The van der Waals surface area contributed by atoms with Gasteiger partial charge in [-0.3, -0.25) is 0 Å². The molecule has 2 rings (SSSR count). The van der Waals surface area contributed by atoms with Gasteiger partial charge >= 0.3 is 0 Å². The monoisotopic (exact) mass is 304 g/mol. The highest BCUT2D eigenvalue weighted by Crippen LogP contribution is 2.27. The Balaban J connectivity index is 1.91. The zero-order valence-corrected chi connectivity index (χ0v) is 13.9. The Kier molecular flexibility index (Phi) is 5.74. The van der Waals surface area contributed by atoms with Gasteiger partial charge in [0.25, 0.3) is 0 Å². The highest BCUT2D eigenvalue weighted by atomic mass is 32.1. The van der Waals surface area contributed by atoms with E-state index in [0.29, 0.717) is 11.8 Å². The molecule has 2 aromatic heterocycles. The molecule has 114 valence electrons. The summed E-state index contributed by atoms with van der Waals surface area (Å²) in [4.78, 5) is 9.99. The third-order valence-corrected chi connectivity index (χ3v) is 4.85. The zero-order chi connectivity index (χ0) is 15.2. The van der Waals surface area contributed by atoms with E-state index in [0.717, 1.165) is 35.9 Å². The van der Waals surface area contributed by atoms with Crippen molar-refractivity contribution in [3.05, 3.63) is 46.6 Å². The fraction of sp³-hybridized carbons (Fsp3) is 0.529. The van der Waals surface area contributed by atoms with Crippen LogP contribution in [-0.4, -0.2) is 9.97 Å². The molecule has 0 amide bonds. The molecule has 0 saturated carbocycles. The Hall–Kier alpha value is -1.42. The molecule has 2 aromatic rings. The van der Waals surface area contributed by atoms with Crippen molar-refractivity contribution in [1.82, 2.24) is 9.97 Å². The van der Waals surface area contributed by atoms with Gasteiger partial charge in [0.15, 0.2) is 5.89 Å². The van der Waals surface area contributed by atoms with Crippen LogP contribution in [0.1, 0.15) is 54.1 Å². The predicted octanol–water partition coefficient (Wildman–Crippen LogP) is 4.93. The topological polar surface area (TPSA) is 38.9 Å². The molecule has 2 atom stereocenters. The predicted molar refractivity (Wildman–Crippen MR) is 87.8 cm³/mol.